The Morgan fingerprint density at radius 1 is 1.36 bits per heavy atom. The van der Waals surface area contributed by atoms with Gasteiger partial charge in [-0.2, -0.15) is 0 Å². The van der Waals surface area contributed by atoms with Crippen molar-refractivity contribution in [2.24, 2.45) is 0 Å². The van der Waals surface area contributed by atoms with Gasteiger partial charge in [0.05, 0.1) is 19.3 Å². The summed E-state index contributed by atoms with van der Waals surface area (Å²) in [5, 5.41) is 0. The summed E-state index contributed by atoms with van der Waals surface area (Å²) < 4.78 is 10.5. The molecule has 0 spiro atoms. The Morgan fingerprint density at radius 2 is 2.07 bits per heavy atom. The van der Waals surface area contributed by atoms with Crippen molar-refractivity contribution in [1.82, 2.24) is 0 Å². The molecule has 0 saturated carbocycles. The van der Waals surface area contributed by atoms with Crippen molar-refractivity contribution in [2.75, 3.05) is 13.2 Å². The Balaban J connectivity index is 1.84. The van der Waals surface area contributed by atoms with Crippen LogP contribution >= 0.6 is 0 Å². The molecule has 1 fully saturated rings. The van der Waals surface area contributed by atoms with Crippen LogP contribution in [0.5, 0.6) is 5.75 Å². The van der Waals surface area contributed by atoms with Crippen molar-refractivity contribution < 1.29 is 9.47 Å². The van der Waals surface area contributed by atoms with Gasteiger partial charge in [-0.05, 0) is 37.5 Å². The molecule has 0 N–H and O–H groups in total. The minimum atomic E-state index is 0.529. The van der Waals surface area contributed by atoms with Crippen LogP contribution in [-0.2, 0) is 11.2 Å². The number of epoxide rings is 1. The molecule has 0 radical (unpaired) electrons. The Kier molecular flexibility index (Phi) is 3.04. The lowest BCUT2D eigenvalue weighted by Gasteiger charge is -2.04. The van der Waals surface area contributed by atoms with Crippen LogP contribution in [0, 0.1) is 0 Å². The van der Waals surface area contributed by atoms with Crippen LogP contribution in [-0.4, -0.2) is 19.3 Å². The third kappa shape index (κ3) is 2.74. The second-order valence-corrected chi connectivity index (χ2v) is 3.57. The molecule has 1 aliphatic rings. The average molecular weight is 192 g/mol. The molecule has 1 aromatic carbocycles. The number of aryl methyl sites for hydroxylation is 1. The summed E-state index contributed by atoms with van der Waals surface area (Å²) in [4.78, 5) is 0. The summed E-state index contributed by atoms with van der Waals surface area (Å²) in [7, 11) is 0. The molecule has 0 bridgehead atoms. The van der Waals surface area contributed by atoms with E-state index in [0.29, 0.717) is 6.10 Å². The van der Waals surface area contributed by atoms with Gasteiger partial charge in [-0.3, -0.25) is 0 Å². The number of ether oxygens (including phenoxy) is 2. The minimum absolute atomic E-state index is 0.529. The lowest BCUT2D eigenvalue weighted by atomic mass is 10.1. The predicted molar refractivity (Wildman–Crippen MR) is 55.7 cm³/mol. The Bertz CT molecular complexity index is 275. The molecule has 2 rings (SSSR count). The number of hydrogen-bond acceptors (Lipinski definition) is 2. The molecule has 0 amide bonds. The zero-order valence-corrected chi connectivity index (χ0v) is 8.53. The van der Waals surface area contributed by atoms with Crippen LogP contribution in [0.3, 0.4) is 0 Å². The molecular formula is C12H16O2. The number of hydrogen-bond donors (Lipinski definition) is 0. The van der Waals surface area contributed by atoms with Crippen LogP contribution in [0.1, 0.15) is 18.9 Å². The maximum absolute atomic E-state index is 5.37. The zero-order valence-electron chi connectivity index (χ0n) is 8.53. The molecule has 1 unspecified atom stereocenters. The molecule has 1 saturated heterocycles. The van der Waals surface area contributed by atoms with Crippen molar-refractivity contribution in [2.45, 2.75) is 25.9 Å². The van der Waals surface area contributed by atoms with E-state index in [0.717, 1.165) is 31.8 Å². The zero-order chi connectivity index (χ0) is 9.80. The molecule has 2 heteroatoms. The van der Waals surface area contributed by atoms with Gasteiger partial charge in [0.15, 0.2) is 0 Å². The van der Waals surface area contributed by atoms with Crippen LogP contribution < -0.4 is 4.74 Å². The second-order valence-electron chi connectivity index (χ2n) is 3.57. The van der Waals surface area contributed by atoms with Crippen molar-refractivity contribution in [1.29, 1.82) is 0 Å². The van der Waals surface area contributed by atoms with Gasteiger partial charge < -0.3 is 9.47 Å². The van der Waals surface area contributed by atoms with E-state index in [-0.39, 0.29) is 0 Å². The van der Waals surface area contributed by atoms with Crippen LogP contribution in [0.4, 0.5) is 0 Å². The maximum atomic E-state index is 5.37. The first-order valence-electron chi connectivity index (χ1n) is 5.22. The van der Waals surface area contributed by atoms with Crippen molar-refractivity contribution in [3.8, 4) is 5.75 Å². The van der Waals surface area contributed by atoms with E-state index in [1.54, 1.807) is 0 Å². The van der Waals surface area contributed by atoms with Gasteiger partial charge in [-0.25, -0.2) is 0 Å². The van der Waals surface area contributed by atoms with Gasteiger partial charge in [0.2, 0.25) is 0 Å². The quantitative estimate of drug-likeness (QED) is 0.668. The summed E-state index contributed by atoms with van der Waals surface area (Å²) in [5.41, 5.74) is 1.36. The normalized spacial score (nSPS) is 19.4. The van der Waals surface area contributed by atoms with Gasteiger partial charge in [0.25, 0.3) is 0 Å². The number of rotatable bonds is 5. The largest absolute Gasteiger partial charge is 0.494 e. The topological polar surface area (TPSA) is 21.8 Å². The Labute approximate surface area is 84.8 Å². The fourth-order valence-corrected chi connectivity index (χ4v) is 1.48. The first kappa shape index (κ1) is 9.53. The van der Waals surface area contributed by atoms with E-state index < -0.39 is 0 Å². The van der Waals surface area contributed by atoms with E-state index in [2.05, 4.69) is 12.1 Å². The fraction of sp³-hybridized carbons (Fsp3) is 0.500. The molecule has 76 valence electrons. The molecule has 1 atom stereocenters. The maximum Gasteiger partial charge on any atom is 0.119 e. The average Bonchev–Trinajstić information content (AvgIpc) is 3.01. The van der Waals surface area contributed by atoms with Gasteiger partial charge in [0.1, 0.15) is 5.75 Å². The Morgan fingerprint density at radius 3 is 2.64 bits per heavy atom. The standard InChI is InChI=1S/C12H16O2/c1-2-13-11-6-3-10(4-7-11)5-8-12-9-14-12/h3-4,6-7,12H,2,5,8-9H2,1H3. The molecule has 2 nitrogen and oxygen atoms in total. The second kappa shape index (κ2) is 4.47. The minimum Gasteiger partial charge on any atom is -0.494 e. The van der Waals surface area contributed by atoms with Gasteiger partial charge in [-0.15, -0.1) is 0 Å². The fourth-order valence-electron chi connectivity index (χ4n) is 1.48. The van der Waals surface area contributed by atoms with Gasteiger partial charge >= 0.3 is 0 Å². The summed E-state index contributed by atoms with van der Waals surface area (Å²) in [5.74, 6) is 0.957. The van der Waals surface area contributed by atoms with E-state index in [1.165, 1.54) is 5.56 Å². The van der Waals surface area contributed by atoms with Crippen molar-refractivity contribution >= 4 is 0 Å². The van der Waals surface area contributed by atoms with E-state index in [1.807, 2.05) is 19.1 Å². The van der Waals surface area contributed by atoms with Crippen LogP contribution in [0.2, 0.25) is 0 Å². The third-order valence-electron chi connectivity index (χ3n) is 2.39. The third-order valence-corrected chi connectivity index (χ3v) is 2.39. The number of benzene rings is 1. The highest BCUT2D eigenvalue weighted by molar-refractivity contribution is 5.27. The smallest absolute Gasteiger partial charge is 0.119 e. The van der Waals surface area contributed by atoms with E-state index in [4.69, 9.17) is 9.47 Å². The summed E-state index contributed by atoms with van der Waals surface area (Å²) in [6.45, 7) is 3.69. The lowest BCUT2D eigenvalue weighted by molar-refractivity contribution is 0.340. The lowest BCUT2D eigenvalue weighted by Crippen LogP contribution is -1.93. The van der Waals surface area contributed by atoms with E-state index in [9.17, 15) is 0 Å². The van der Waals surface area contributed by atoms with Crippen molar-refractivity contribution in [3.63, 3.8) is 0 Å². The Hall–Kier alpha value is -1.02. The SMILES string of the molecule is CCOc1ccc(CCC2CO2)cc1. The summed E-state index contributed by atoms with van der Waals surface area (Å²) in [6.07, 6.45) is 2.78. The van der Waals surface area contributed by atoms with Gasteiger partial charge in [-0.1, -0.05) is 12.1 Å². The van der Waals surface area contributed by atoms with E-state index >= 15 is 0 Å². The molecule has 1 heterocycles. The highest BCUT2D eigenvalue weighted by Crippen LogP contribution is 2.18. The molecule has 0 aliphatic carbocycles. The predicted octanol–water partition coefficient (Wildman–Crippen LogP) is 2.42. The molecule has 1 aromatic rings. The monoisotopic (exact) mass is 192 g/mol. The first-order valence-corrected chi connectivity index (χ1v) is 5.22. The van der Waals surface area contributed by atoms with Gasteiger partial charge in [0, 0.05) is 0 Å². The first-order chi connectivity index (χ1) is 6.88. The molecule has 14 heavy (non-hydrogen) atoms. The molecular weight excluding hydrogens is 176 g/mol. The van der Waals surface area contributed by atoms with Crippen LogP contribution in [0.25, 0.3) is 0 Å². The molecule has 0 aromatic heterocycles. The summed E-state index contributed by atoms with van der Waals surface area (Å²) >= 11 is 0. The highest BCUT2D eigenvalue weighted by Gasteiger charge is 2.21. The summed E-state index contributed by atoms with van der Waals surface area (Å²) in [6, 6.07) is 8.33. The highest BCUT2D eigenvalue weighted by atomic mass is 16.6. The molecule has 1 aliphatic heterocycles. The van der Waals surface area contributed by atoms with Crippen LogP contribution in [0.15, 0.2) is 24.3 Å². The van der Waals surface area contributed by atoms with Crippen molar-refractivity contribution in [3.05, 3.63) is 29.8 Å².